The van der Waals surface area contributed by atoms with Gasteiger partial charge in [0, 0.05) is 0 Å². The Morgan fingerprint density at radius 2 is 2.14 bits per heavy atom. The maximum atomic E-state index is 13.0. The third kappa shape index (κ3) is 2.18. The van der Waals surface area contributed by atoms with Crippen molar-refractivity contribution in [3.8, 4) is 12.1 Å². The van der Waals surface area contributed by atoms with Crippen molar-refractivity contribution in [3.05, 3.63) is 41.2 Å². The summed E-state index contributed by atoms with van der Waals surface area (Å²) in [6.07, 6.45) is 3.42. The van der Waals surface area contributed by atoms with E-state index in [0.29, 0.717) is 5.56 Å². The summed E-state index contributed by atoms with van der Waals surface area (Å²) in [6.45, 7) is 0. The molecule has 0 aliphatic carbocycles. The molecule has 0 spiro atoms. The summed E-state index contributed by atoms with van der Waals surface area (Å²) in [7, 11) is 0. The van der Waals surface area contributed by atoms with Crippen molar-refractivity contribution in [2.75, 3.05) is 0 Å². The van der Waals surface area contributed by atoms with E-state index in [1.807, 2.05) is 6.07 Å². The van der Waals surface area contributed by atoms with Gasteiger partial charge in [-0.2, -0.15) is 10.5 Å². The van der Waals surface area contributed by atoms with Gasteiger partial charge in [-0.05, 0) is 11.6 Å². The summed E-state index contributed by atoms with van der Waals surface area (Å²) in [5.74, 6) is -0.536. The highest BCUT2D eigenvalue weighted by Crippen LogP contribution is 2.13. The third-order valence-electron chi connectivity index (χ3n) is 1.66. The van der Waals surface area contributed by atoms with Gasteiger partial charge in [-0.15, -0.1) is 0 Å². The summed E-state index contributed by atoms with van der Waals surface area (Å²) in [6, 6.07) is 8.11. The zero-order valence-electron chi connectivity index (χ0n) is 7.37. The average Bonchev–Trinajstić information content (AvgIpc) is 2.18. The third-order valence-corrected chi connectivity index (χ3v) is 1.66. The zero-order chi connectivity index (χ0) is 10.4. The number of halogens is 1. The molecule has 0 amide bonds. The van der Waals surface area contributed by atoms with Crippen LogP contribution in [-0.2, 0) is 0 Å². The highest BCUT2D eigenvalue weighted by molar-refractivity contribution is 5.58. The molecule has 0 unspecified atom stereocenters. The van der Waals surface area contributed by atoms with Crippen molar-refractivity contribution < 1.29 is 4.39 Å². The molecule has 0 bridgehead atoms. The lowest BCUT2D eigenvalue weighted by Gasteiger charge is -1.97. The van der Waals surface area contributed by atoms with Crippen LogP contribution in [0.4, 0.5) is 4.39 Å². The highest BCUT2D eigenvalue weighted by Gasteiger charge is 2.03. The number of benzene rings is 1. The second-order valence-electron chi connectivity index (χ2n) is 2.58. The predicted molar refractivity (Wildman–Crippen MR) is 50.4 cm³/mol. The molecule has 1 aromatic rings. The number of nitriles is 2. The fourth-order valence-corrected chi connectivity index (χ4v) is 1.04. The molecule has 0 aliphatic rings. The van der Waals surface area contributed by atoms with E-state index in [0.717, 1.165) is 0 Å². The van der Waals surface area contributed by atoms with E-state index in [-0.39, 0.29) is 12.0 Å². The van der Waals surface area contributed by atoms with E-state index in [1.54, 1.807) is 24.3 Å². The molecule has 0 atom stereocenters. The number of hydrogen-bond donors (Lipinski definition) is 0. The van der Waals surface area contributed by atoms with E-state index in [9.17, 15) is 4.39 Å². The Morgan fingerprint density at radius 1 is 1.36 bits per heavy atom. The van der Waals surface area contributed by atoms with Crippen molar-refractivity contribution in [1.82, 2.24) is 0 Å². The molecule has 0 aliphatic heterocycles. The Hall–Kier alpha value is -2.13. The van der Waals surface area contributed by atoms with Gasteiger partial charge in [0.2, 0.25) is 0 Å². The van der Waals surface area contributed by atoms with Gasteiger partial charge in [0.1, 0.15) is 11.9 Å². The lowest BCUT2D eigenvalue weighted by molar-refractivity contribution is 0.623. The molecular formula is C11H7FN2. The van der Waals surface area contributed by atoms with Gasteiger partial charge >= 0.3 is 0 Å². The first-order valence-corrected chi connectivity index (χ1v) is 4.01. The molecule has 3 heteroatoms. The second-order valence-corrected chi connectivity index (χ2v) is 2.58. The van der Waals surface area contributed by atoms with E-state index in [2.05, 4.69) is 0 Å². The van der Waals surface area contributed by atoms with Crippen molar-refractivity contribution in [2.24, 2.45) is 0 Å². The lowest BCUT2D eigenvalue weighted by atomic mass is 10.1. The smallest absolute Gasteiger partial charge is 0.141 e. The summed E-state index contributed by atoms with van der Waals surface area (Å²) in [5.41, 5.74) is 0.518. The minimum absolute atomic E-state index is 0.0155. The van der Waals surface area contributed by atoms with Gasteiger partial charge in [0.15, 0.2) is 0 Å². The first-order chi connectivity index (χ1) is 6.79. The number of hydrogen-bond acceptors (Lipinski definition) is 2. The topological polar surface area (TPSA) is 47.6 Å². The molecule has 0 fully saturated rings. The number of rotatable bonds is 2. The molecule has 0 saturated heterocycles. The van der Waals surface area contributed by atoms with Crippen molar-refractivity contribution in [1.29, 1.82) is 10.5 Å². The lowest BCUT2D eigenvalue weighted by Crippen LogP contribution is -1.87. The summed E-state index contributed by atoms with van der Waals surface area (Å²) in [4.78, 5) is 0. The molecule has 14 heavy (non-hydrogen) atoms. The molecule has 0 N–H and O–H groups in total. The van der Waals surface area contributed by atoms with Crippen LogP contribution in [-0.4, -0.2) is 0 Å². The van der Waals surface area contributed by atoms with Crippen LogP contribution < -0.4 is 0 Å². The van der Waals surface area contributed by atoms with Crippen LogP contribution in [0.5, 0.6) is 0 Å². The molecule has 1 aromatic carbocycles. The van der Waals surface area contributed by atoms with Crippen LogP contribution in [0.1, 0.15) is 17.5 Å². The predicted octanol–water partition coefficient (Wildman–Crippen LogP) is 2.62. The Kier molecular flexibility index (Phi) is 3.41. The molecule has 0 aromatic heterocycles. The highest BCUT2D eigenvalue weighted by atomic mass is 19.1. The minimum atomic E-state index is -0.536. The normalized spacial score (nSPS) is 9.64. The fraction of sp³-hybridized carbons (Fsp3) is 0.0909. The molecule has 1 rings (SSSR count). The standard InChI is InChI=1S/C11H7FN2/c12-11-6-3-5-9(10(11)8-14)4-1-2-7-13/h1,3-6H,2H2. The monoisotopic (exact) mass is 186 g/mol. The van der Waals surface area contributed by atoms with Gasteiger partial charge in [0.05, 0.1) is 18.1 Å². The Balaban J connectivity index is 3.05. The van der Waals surface area contributed by atoms with E-state index < -0.39 is 5.82 Å². The molecule has 0 heterocycles. The van der Waals surface area contributed by atoms with Gasteiger partial charge in [-0.3, -0.25) is 0 Å². The number of allylic oxidation sites excluding steroid dienone is 1. The summed E-state index contributed by atoms with van der Waals surface area (Å²) >= 11 is 0. The van der Waals surface area contributed by atoms with Crippen molar-refractivity contribution in [2.45, 2.75) is 6.42 Å². The maximum absolute atomic E-state index is 13.0. The molecule has 0 radical (unpaired) electrons. The van der Waals surface area contributed by atoms with Crippen LogP contribution in [0.25, 0.3) is 6.08 Å². The van der Waals surface area contributed by atoms with Crippen molar-refractivity contribution >= 4 is 6.08 Å². The first-order valence-electron chi connectivity index (χ1n) is 4.01. The van der Waals surface area contributed by atoms with Crippen LogP contribution >= 0.6 is 0 Å². The Morgan fingerprint density at radius 3 is 2.79 bits per heavy atom. The van der Waals surface area contributed by atoms with E-state index in [1.165, 1.54) is 12.1 Å². The summed E-state index contributed by atoms with van der Waals surface area (Å²) < 4.78 is 13.0. The van der Waals surface area contributed by atoms with Crippen LogP contribution in [0.15, 0.2) is 24.3 Å². The quantitative estimate of drug-likeness (QED) is 0.712. The summed E-state index contributed by atoms with van der Waals surface area (Å²) in [5, 5.41) is 17.0. The zero-order valence-corrected chi connectivity index (χ0v) is 7.37. The van der Waals surface area contributed by atoms with Gasteiger partial charge in [-0.1, -0.05) is 24.3 Å². The largest absolute Gasteiger partial charge is 0.206 e. The van der Waals surface area contributed by atoms with Crippen molar-refractivity contribution in [3.63, 3.8) is 0 Å². The minimum Gasteiger partial charge on any atom is -0.206 e. The van der Waals surface area contributed by atoms with E-state index in [4.69, 9.17) is 10.5 Å². The first kappa shape index (κ1) is 9.95. The van der Waals surface area contributed by atoms with E-state index >= 15 is 0 Å². The second kappa shape index (κ2) is 4.79. The molecular weight excluding hydrogens is 179 g/mol. The number of nitrogens with zero attached hydrogens (tertiary/aromatic N) is 2. The Bertz CT molecular complexity index is 436. The SMILES string of the molecule is N#CCC=Cc1cccc(F)c1C#N. The van der Waals surface area contributed by atoms with Crippen LogP contribution in [0.2, 0.25) is 0 Å². The average molecular weight is 186 g/mol. The van der Waals surface area contributed by atoms with Gasteiger partial charge in [-0.25, -0.2) is 4.39 Å². The van der Waals surface area contributed by atoms with Crippen LogP contribution in [0, 0.1) is 28.5 Å². The molecule has 68 valence electrons. The van der Waals surface area contributed by atoms with Gasteiger partial charge in [0.25, 0.3) is 0 Å². The molecule has 0 saturated carbocycles. The maximum Gasteiger partial charge on any atom is 0.141 e. The Labute approximate surface area is 81.5 Å². The van der Waals surface area contributed by atoms with Gasteiger partial charge < -0.3 is 0 Å². The molecule has 2 nitrogen and oxygen atoms in total. The fourth-order valence-electron chi connectivity index (χ4n) is 1.04. The van der Waals surface area contributed by atoms with Crippen LogP contribution in [0.3, 0.4) is 0 Å².